The van der Waals surface area contributed by atoms with Gasteiger partial charge in [-0.1, -0.05) is 26.7 Å². The van der Waals surface area contributed by atoms with Crippen LogP contribution in [0, 0.1) is 0 Å². The van der Waals surface area contributed by atoms with Crippen molar-refractivity contribution in [2.75, 3.05) is 26.7 Å². The van der Waals surface area contributed by atoms with Gasteiger partial charge in [0.25, 0.3) is 0 Å². The number of aliphatic hydroxyl groups is 2. The molecule has 0 aromatic rings. The average Bonchev–Trinajstić information content (AvgIpc) is 2.74. The summed E-state index contributed by atoms with van der Waals surface area (Å²) in [6, 6.07) is 0. The summed E-state index contributed by atoms with van der Waals surface area (Å²) in [4.78, 5) is 31.9. The third-order valence-electron chi connectivity index (χ3n) is 3.24. The highest BCUT2D eigenvalue weighted by Crippen LogP contribution is 1.96. The zero-order valence-corrected chi connectivity index (χ0v) is 20.6. The van der Waals surface area contributed by atoms with E-state index in [1.54, 1.807) is 0 Å². The Morgan fingerprint density at radius 2 is 1.27 bits per heavy atom. The molecule has 0 fully saturated rings. The SMILES string of the molecule is CC(=O)C(O)CN=C(N)N.CCCC.CCN=C(N)N.CNC(=O)C(O)CCCN=C(N)N. The predicted molar refractivity (Wildman–Crippen MR) is 134 cm³/mol. The van der Waals surface area contributed by atoms with E-state index in [9.17, 15) is 9.59 Å². The molecule has 33 heavy (non-hydrogen) atoms. The Bertz CT molecular complexity index is 569. The quantitative estimate of drug-likeness (QED) is 0.0898. The molecule has 0 saturated carbocycles. The molecule has 0 heterocycles. The monoisotopic (exact) mass is 478 g/mol. The molecule has 14 nitrogen and oxygen atoms in total. The molecule has 0 radical (unpaired) electrons. The van der Waals surface area contributed by atoms with Crippen LogP contribution in [-0.4, -0.2) is 78.7 Å². The Kier molecular flexibility index (Phi) is 30.3. The van der Waals surface area contributed by atoms with E-state index in [4.69, 9.17) is 44.6 Å². The highest BCUT2D eigenvalue weighted by atomic mass is 16.3. The smallest absolute Gasteiger partial charge is 0.248 e. The van der Waals surface area contributed by atoms with Crippen molar-refractivity contribution in [2.45, 2.75) is 65.6 Å². The fourth-order valence-electron chi connectivity index (χ4n) is 1.29. The molecule has 2 atom stereocenters. The largest absolute Gasteiger partial charge is 0.383 e. The van der Waals surface area contributed by atoms with Crippen molar-refractivity contribution in [3.05, 3.63) is 0 Å². The van der Waals surface area contributed by atoms with Crippen molar-refractivity contribution in [2.24, 2.45) is 49.4 Å². The zero-order valence-electron chi connectivity index (χ0n) is 20.6. The molecule has 1 amide bonds. The number of hydrogen-bond acceptors (Lipinski definition) is 7. The van der Waals surface area contributed by atoms with E-state index < -0.39 is 12.2 Å². The van der Waals surface area contributed by atoms with Crippen molar-refractivity contribution in [3.63, 3.8) is 0 Å². The molecular formula is C19H46N10O4. The Morgan fingerprint density at radius 1 is 0.818 bits per heavy atom. The van der Waals surface area contributed by atoms with Crippen molar-refractivity contribution in [1.82, 2.24) is 5.32 Å². The summed E-state index contributed by atoms with van der Waals surface area (Å²) in [6.45, 7) is 8.54. The molecule has 0 aliphatic carbocycles. The van der Waals surface area contributed by atoms with Crippen LogP contribution in [0.1, 0.15) is 53.4 Å². The van der Waals surface area contributed by atoms with Gasteiger partial charge in [0.1, 0.15) is 12.2 Å². The van der Waals surface area contributed by atoms with Crippen LogP contribution in [0.25, 0.3) is 0 Å². The lowest BCUT2D eigenvalue weighted by Gasteiger charge is -2.06. The third-order valence-corrected chi connectivity index (χ3v) is 3.24. The number of ketones is 1. The molecule has 2 unspecified atom stereocenters. The number of likely N-dealkylation sites (N-methyl/N-ethyl adjacent to an activating group) is 1. The number of guanidine groups is 3. The van der Waals surface area contributed by atoms with Crippen LogP contribution in [0.15, 0.2) is 15.0 Å². The molecule has 0 rings (SSSR count). The lowest BCUT2D eigenvalue weighted by atomic mass is 10.2. The van der Waals surface area contributed by atoms with E-state index in [0.29, 0.717) is 25.9 Å². The Balaban J connectivity index is -0.000000186. The van der Waals surface area contributed by atoms with E-state index >= 15 is 0 Å². The number of Topliss-reactive ketones (excluding diaryl/α,β-unsaturated/α-hetero) is 1. The van der Waals surface area contributed by atoms with Crippen LogP contribution < -0.4 is 39.7 Å². The fraction of sp³-hybridized carbons (Fsp3) is 0.737. The number of carbonyl (C=O) groups is 2. The number of amides is 1. The first kappa shape index (κ1) is 37.2. The maximum absolute atomic E-state index is 10.8. The van der Waals surface area contributed by atoms with Crippen molar-refractivity contribution < 1.29 is 19.8 Å². The molecule has 0 bridgehead atoms. The summed E-state index contributed by atoms with van der Waals surface area (Å²) in [6.07, 6.45) is 1.52. The van der Waals surface area contributed by atoms with Gasteiger partial charge < -0.3 is 49.9 Å². The van der Waals surface area contributed by atoms with E-state index in [1.807, 2.05) is 6.92 Å². The highest BCUT2D eigenvalue weighted by molar-refractivity contribution is 5.81. The van der Waals surface area contributed by atoms with Gasteiger partial charge in [0.15, 0.2) is 23.7 Å². The maximum atomic E-state index is 10.8. The zero-order chi connectivity index (χ0) is 26.8. The number of rotatable bonds is 10. The molecule has 14 heteroatoms. The van der Waals surface area contributed by atoms with Gasteiger partial charge in [-0.2, -0.15) is 0 Å². The molecule has 0 aliphatic rings. The van der Waals surface area contributed by atoms with Crippen LogP contribution in [0.2, 0.25) is 0 Å². The summed E-state index contributed by atoms with van der Waals surface area (Å²) < 4.78 is 0. The van der Waals surface area contributed by atoms with Gasteiger partial charge in [-0.25, -0.2) is 0 Å². The first-order chi connectivity index (χ1) is 15.3. The van der Waals surface area contributed by atoms with Gasteiger partial charge in [-0.05, 0) is 26.7 Å². The Morgan fingerprint density at radius 3 is 1.55 bits per heavy atom. The molecule has 0 aliphatic heterocycles. The molecule has 0 aromatic heterocycles. The summed E-state index contributed by atoms with van der Waals surface area (Å²) in [5.74, 6) is -0.665. The normalized spacial score (nSPS) is 10.6. The summed E-state index contributed by atoms with van der Waals surface area (Å²) in [7, 11) is 1.47. The van der Waals surface area contributed by atoms with Gasteiger partial charge in [-0.15, -0.1) is 0 Å². The van der Waals surface area contributed by atoms with Gasteiger partial charge in [0.2, 0.25) is 5.91 Å². The maximum Gasteiger partial charge on any atom is 0.248 e. The highest BCUT2D eigenvalue weighted by Gasteiger charge is 2.11. The average molecular weight is 479 g/mol. The summed E-state index contributed by atoms with van der Waals surface area (Å²) >= 11 is 0. The summed E-state index contributed by atoms with van der Waals surface area (Å²) in [5.41, 5.74) is 29.9. The van der Waals surface area contributed by atoms with Crippen LogP contribution >= 0.6 is 0 Å². The second-order valence-electron chi connectivity index (χ2n) is 6.37. The van der Waals surface area contributed by atoms with Crippen molar-refractivity contribution in [3.8, 4) is 0 Å². The lowest BCUT2D eigenvalue weighted by molar-refractivity contribution is -0.129. The second kappa shape index (κ2) is 26.9. The Hall–Kier alpha value is -3.13. The lowest BCUT2D eigenvalue weighted by Crippen LogP contribution is -2.31. The standard InChI is InChI=1S/C7H16N4O2.C5H11N3O2.C4H10.C3H9N3/c1-10-6(13)5(12)3-2-4-11-7(8)9;1-3(9)4(10)2-8-5(6)7;1-3-4-2;1-2-6-3(4)5/h5,12H,2-4H2,1H3,(H,10,13)(H4,8,9,11);4,10H,2H2,1H3,(H4,6,7,8);3-4H2,1-2H3;2H2,1H3,(H4,4,5,6). The molecule has 0 spiro atoms. The van der Waals surface area contributed by atoms with Gasteiger partial charge in [0, 0.05) is 20.1 Å². The molecule has 0 aromatic carbocycles. The minimum absolute atomic E-state index is 0.0226. The van der Waals surface area contributed by atoms with Crippen LogP contribution in [0.5, 0.6) is 0 Å². The summed E-state index contributed by atoms with van der Waals surface area (Å²) in [5, 5.41) is 20.3. The third kappa shape index (κ3) is 39.9. The molecule has 0 saturated heterocycles. The topological polar surface area (TPSA) is 280 Å². The number of unbranched alkanes of at least 4 members (excludes halogenated alkanes) is 1. The number of carbonyl (C=O) groups excluding carboxylic acids is 2. The molecular weight excluding hydrogens is 432 g/mol. The molecule has 196 valence electrons. The first-order valence-corrected chi connectivity index (χ1v) is 10.5. The Labute approximate surface area is 197 Å². The van der Waals surface area contributed by atoms with Crippen LogP contribution in [-0.2, 0) is 9.59 Å². The van der Waals surface area contributed by atoms with Gasteiger partial charge >= 0.3 is 0 Å². The number of nitrogens with two attached hydrogens (primary N) is 6. The van der Waals surface area contributed by atoms with Gasteiger partial charge in [0.05, 0.1) is 6.54 Å². The van der Waals surface area contributed by atoms with Crippen molar-refractivity contribution >= 4 is 29.6 Å². The predicted octanol–water partition coefficient (Wildman–Crippen LogP) is -2.56. The number of hydrogen-bond donors (Lipinski definition) is 9. The minimum atomic E-state index is -1.08. The first-order valence-electron chi connectivity index (χ1n) is 10.5. The van der Waals surface area contributed by atoms with Crippen molar-refractivity contribution in [1.29, 1.82) is 0 Å². The number of aliphatic imine (C=N–C) groups is 3. The second-order valence-corrected chi connectivity index (χ2v) is 6.37. The van der Waals surface area contributed by atoms with E-state index in [-0.39, 0.29) is 36.1 Å². The fourth-order valence-corrected chi connectivity index (χ4v) is 1.29. The van der Waals surface area contributed by atoms with Crippen LogP contribution in [0.4, 0.5) is 0 Å². The van der Waals surface area contributed by atoms with E-state index in [1.165, 1.54) is 26.8 Å². The number of nitrogens with zero attached hydrogens (tertiary/aromatic N) is 3. The van der Waals surface area contributed by atoms with Crippen LogP contribution in [0.3, 0.4) is 0 Å². The molecule has 15 N–H and O–H groups in total. The van der Waals surface area contributed by atoms with E-state index in [0.717, 1.165) is 0 Å². The minimum Gasteiger partial charge on any atom is -0.383 e. The number of nitrogens with one attached hydrogen (secondary N) is 1. The van der Waals surface area contributed by atoms with E-state index in [2.05, 4.69) is 34.1 Å². The van der Waals surface area contributed by atoms with Gasteiger partial charge in [-0.3, -0.25) is 24.6 Å². The number of aliphatic hydroxyl groups excluding tert-OH is 2.